The molecule has 31 heavy (non-hydrogen) atoms. The summed E-state index contributed by atoms with van der Waals surface area (Å²) in [4.78, 5) is 14.1. The highest BCUT2D eigenvalue weighted by Crippen LogP contribution is 2.28. The van der Waals surface area contributed by atoms with Gasteiger partial charge in [0.05, 0.1) is 24.2 Å². The predicted octanol–water partition coefficient (Wildman–Crippen LogP) is 3.94. The number of hydrogen-bond acceptors (Lipinski definition) is 5. The lowest BCUT2D eigenvalue weighted by atomic mass is 10.0. The molecule has 1 amide bonds. The minimum Gasteiger partial charge on any atom is -0.379 e. The lowest BCUT2D eigenvalue weighted by molar-refractivity contribution is 0.0730. The number of rotatable bonds is 6. The van der Waals surface area contributed by atoms with Crippen LogP contribution >= 0.6 is 22.9 Å². The number of ether oxygens (including phenoxy) is 1. The first-order valence-electron chi connectivity index (χ1n) is 9.73. The van der Waals surface area contributed by atoms with E-state index in [1.54, 1.807) is 24.3 Å². The third kappa shape index (κ3) is 4.99. The van der Waals surface area contributed by atoms with Gasteiger partial charge in [-0.05, 0) is 47.3 Å². The van der Waals surface area contributed by atoms with E-state index < -0.39 is 10.0 Å². The van der Waals surface area contributed by atoms with Crippen LogP contribution in [0.25, 0.3) is 0 Å². The molecular weight excluding hydrogens is 456 g/mol. The lowest BCUT2D eigenvalue weighted by Gasteiger charge is -2.26. The van der Waals surface area contributed by atoms with Crippen molar-refractivity contribution in [1.82, 2.24) is 9.62 Å². The molecule has 1 unspecified atom stereocenters. The number of halogens is 1. The zero-order chi connectivity index (χ0) is 21.8. The van der Waals surface area contributed by atoms with Crippen molar-refractivity contribution >= 4 is 38.9 Å². The van der Waals surface area contributed by atoms with Crippen LogP contribution in [0, 0.1) is 0 Å². The van der Waals surface area contributed by atoms with Crippen LogP contribution in [0.5, 0.6) is 0 Å². The number of benzene rings is 2. The Morgan fingerprint density at radius 3 is 2.48 bits per heavy atom. The molecule has 1 aromatic heterocycles. The van der Waals surface area contributed by atoms with Gasteiger partial charge in [0.15, 0.2) is 0 Å². The molecule has 1 saturated heterocycles. The van der Waals surface area contributed by atoms with Crippen LogP contribution in [0.15, 0.2) is 70.9 Å². The first-order valence-corrected chi connectivity index (χ1v) is 12.4. The number of thiophene rings is 1. The highest BCUT2D eigenvalue weighted by Gasteiger charge is 2.27. The van der Waals surface area contributed by atoms with Crippen molar-refractivity contribution in [2.45, 2.75) is 10.9 Å². The van der Waals surface area contributed by atoms with E-state index in [1.807, 2.05) is 29.6 Å². The Balaban J connectivity index is 1.60. The van der Waals surface area contributed by atoms with Gasteiger partial charge in [-0.25, -0.2) is 8.42 Å². The Morgan fingerprint density at radius 2 is 1.81 bits per heavy atom. The maximum atomic E-state index is 13.1. The van der Waals surface area contributed by atoms with Gasteiger partial charge in [-0.1, -0.05) is 35.9 Å². The summed E-state index contributed by atoms with van der Waals surface area (Å²) in [6.45, 7) is 1.33. The van der Waals surface area contributed by atoms with Gasteiger partial charge in [0.2, 0.25) is 10.0 Å². The fourth-order valence-corrected chi connectivity index (χ4v) is 5.76. The first kappa shape index (κ1) is 22.0. The van der Waals surface area contributed by atoms with E-state index in [2.05, 4.69) is 5.32 Å². The minimum absolute atomic E-state index is 0.0983. The number of sulfonamides is 1. The molecule has 1 fully saturated rings. The third-order valence-electron chi connectivity index (χ3n) is 5.01. The molecule has 2 aromatic carbocycles. The second-order valence-corrected chi connectivity index (χ2v) is 10.4. The van der Waals surface area contributed by atoms with Crippen LogP contribution in [0.1, 0.15) is 26.8 Å². The van der Waals surface area contributed by atoms with Crippen molar-refractivity contribution < 1.29 is 17.9 Å². The van der Waals surface area contributed by atoms with E-state index >= 15 is 0 Å². The monoisotopic (exact) mass is 476 g/mol. The molecule has 3 aromatic rings. The number of nitrogens with one attached hydrogen (secondary N) is 1. The molecule has 162 valence electrons. The summed E-state index contributed by atoms with van der Waals surface area (Å²) >= 11 is 7.54. The molecule has 0 bridgehead atoms. The standard InChI is InChI=1S/C22H21ClN2O4S2/c23-18-8-6-16(7-9-18)21(20-5-2-14-30-20)24-22(26)17-3-1-4-19(15-17)31(27,28)25-10-12-29-13-11-25/h1-9,14-15,21H,10-13H2,(H,24,26). The van der Waals surface area contributed by atoms with E-state index in [9.17, 15) is 13.2 Å². The van der Waals surface area contributed by atoms with Crippen LogP contribution < -0.4 is 5.32 Å². The Hall–Kier alpha value is -2.23. The van der Waals surface area contributed by atoms with Gasteiger partial charge < -0.3 is 10.1 Å². The molecule has 2 heterocycles. The van der Waals surface area contributed by atoms with Crippen molar-refractivity contribution in [1.29, 1.82) is 0 Å². The molecule has 0 radical (unpaired) electrons. The first-order chi connectivity index (χ1) is 14.9. The molecule has 1 aliphatic heterocycles. The van der Waals surface area contributed by atoms with Gasteiger partial charge in [-0.15, -0.1) is 11.3 Å². The van der Waals surface area contributed by atoms with Gasteiger partial charge in [-0.2, -0.15) is 4.31 Å². The van der Waals surface area contributed by atoms with Crippen molar-refractivity contribution in [3.8, 4) is 0 Å². The quantitative estimate of drug-likeness (QED) is 0.584. The Morgan fingerprint density at radius 1 is 1.06 bits per heavy atom. The number of carbonyl (C=O) groups is 1. The van der Waals surface area contributed by atoms with Crippen LogP contribution in [-0.4, -0.2) is 44.9 Å². The molecule has 0 aliphatic carbocycles. The molecule has 4 rings (SSSR count). The molecule has 0 saturated carbocycles. The summed E-state index contributed by atoms with van der Waals surface area (Å²) in [5, 5.41) is 5.59. The van der Waals surface area contributed by atoms with Gasteiger partial charge in [-0.3, -0.25) is 4.79 Å². The third-order valence-corrected chi connectivity index (χ3v) is 8.09. The molecule has 1 atom stereocenters. The predicted molar refractivity (Wildman–Crippen MR) is 121 cm³/mol. The van der Waals surface area contributed by atoms with Crippen LogP contribution in [0.2, 0.25) is 5.02 Å². The van der Waals surface area contributed by atoms with E-state index in [0.717, 1.165) is 10.4 Å². The Labute approximate surface area is 190 Å². The van der Waals surface area contributed by atoms with E-state index in [1.165, 1.54) is 27.8 Å². The molecule has 1 N–H and O–H groups in total. The fraction of sp³-hybridized carbons (Fsp3) is 0.227. The largest absolute Gasteiger partial charge is 0.379 e. The van der Waals surface area contributed by atoms with E-state index in [0.29, 0.717) is 31.3 Å². The Kier molecular flexibility index (Phi) is 6.74. The van der Waals surface area contributed by atoms with Gasteiger partial charge in [0, 0.05) is 28.6 Å². The molecule has 0 spiro atoms. The van der Waals surface area contributed by atoms with Crippen LogP contribution in [0.4, 0.5) is 0 Å². The van der Waals surface area contributed by atoms with E-state index in [4.69, 9.17) is 16.3 Å². The average molecular weight is 477 g/mol. The van der Waals surface area contributed by atoms with Crippen LogP contribution in [-0.2, 0) is 14.8 Å². The number of carbonyl (C=O) groups excluding carboxylic acids is 1. The topological polar surface area (TPSA) is 75.7 Å². The molecular formula is C22H21ClN2O4S2. The number of hydrogen-bond donors (Lipinski definition) is 1. The van der Waals surface area contributed by atoms with Gasteiger partial charge in [0.1, 0.15) is 0 Å². The smallest absolute Gasteiger partial charge is 0.252 e. The van der Waals surface area contributed by atoms with Gasteiger partial charge in [0.25, 0.3) is 5.91 Å². The molecule has 6 nitrogen and oxygen atoms in total. The SMILES string of the molecule is O=C(NC(c1ccc(Cl)cc1)c1cccs1)c1cccc(S(=O)(=O)N2CCOCC2)c1. The number of amides is 1. The van der Waals surface area contributed by atoms with Crippen molar-refractivity contribution in [2.75, 3.05) is 26.3 Å². The van der Waals surface area contributed by atoms with E-state index in [-0.39, 0.29) is 22.4 Å². The maximum absolute atomic E-state index is 13.1. The summed E-state index contributed by atoms with van der Waals surface area (Å²) < 4.78 is 32.5. The summed E-state index contributed by atoms with van der Waals surface area (Å²) in [6.07, 6.45) is 0. The average Bonchev–Trinajstić information content (AvgIpc) is 3.33. The highest BCUT2D eigenvalue weighted by molar-refractivity contribution is 7.89. The fourth-order valence-electron chi connectivity index (χ4n) is 3.38. The van der Waals surface area contributed by atoms with Crippen molar-refractivity contribution in [3.05, 3.63) is 87.1 Å². The summed E-state index contributed by atoms with van der Waals surface area (Å²) in [5.74, 6) is -0.354. The lowest BCUT2D eigenvalue weighted by Crippen LogP contribution is -2.40. The normalized spacial score (nSPS) is 16.0. The minimum atomic E-state index is -3.69. The second kappa shape index (κ2) is 9.50. The zero-order valence-electron chi connectivity index (χ0n) is 16.5. The molecule has 1 aliphatic rings. The summed E-state index contributed by atoms with van der Waals surface area (Å²) in [5.41, 5.74) is 1.17. The maximum Gasteiger partial charge on any atom is 0.252 e. The molecule has 9 heteroatoms. The summed E-state index contributed by atoms with van der Waals surface area (Å²) in [6, 6.07) is 16.9. The number of morpholine rings is 1. The summed E-state index contributed by atoms with van der Waals surface area (Å²) in [7, 11) is -3.69. The Bertz CT molecular complexity index is 1140. The second-order valence-electron chi connectivity index (χ2n) is 7.02. The van der Waals surface area contributed by atoms with Crippen LogP contribution in [0.3, 0.4) is 0 Å². The number of nitrogens with zero attached hydrogens (tertiary/aromatic N) is 1. The highest BCUT2D eigenvalue weighted by atomic mass is 35.5. The van der Waals surface area contributed by atoms with Crippen molar-refractivity contribution in [2.24, 2.45) is 0 Å². The van der Waals surface area contributed by atoms with Crippen molar-refractivity contribution in [3.63, 3.8) is 0 Å². The zero-order valence-corrected chi connectivity index (χ0v) is 18.9. The van der Waals surface area contributed by atoms with Gasteiger partial charge >= 0.3 is 0 Å².